The lowest BCUT2D eigenvalue weighted by atomic mass is 10.3. The number of carboxylic acid groups (broad SMARTS) is 1. The van der Waals surface area contributed by atoms with Gasteiger partial charge in [-0.25, -0.2) is 5.06 Å². The molecule has 0 fully saturated rings. The van der Waals surface area contributed by atoms with E-state index in [0.717, 1.165) is 0 Å². The number of carbonyl (C=O) groups excluding carboxylic acids is 1. The molecular formula is C8H16N2O5. The fourth-order valence-electron chi connectivity index (χ4n) is 0.800. The van der Waals surface area contributed by atoms with Crippen LogP contribution in [0.2, 0.25) is 0 Å². The predicted octanol–water partition coefficient (Wildman–Crippen LogP) is -0.956. The van der Waals surface area contributed by atoms with Gasteiger partial charge in [-0.2, -0.15) is 0 Å². The molecule has 0 aromatic heterocycles. The van der Waals surface area contributed by atoms with Crippen LogP contribution >= 0.6 is 0 Å². The van der Waals surface area contributed by atoms with Crippen LogP contribution in [-0.4, -0.2) is 53.6 Å². The van der Waals surface area contributed by atoms with Crippen LogP contribution in [0.1, 0.15) is 12.8 Å². The second-order valence-corrected chi connectivity index (χ2v) is 2.81. The minimum absolute atomic E-state index is 0.0100. The number of nitrogens with two attached hydrogens (primary N) is 1. The van der Waals surface area contributed by atoms with Gasteiger partial charge in [-0.15, -0.1) is 0 Å². The van der Waals surface area contributed by atoms with Crippen molar-refractivity contribution in [1.29, 1.82) is 0 Å². The number of ether oxygens (including phenoxy) is 1. The first kappa shape index (κ1) is 13.8. The molecule has 0 rings (SSSR count). The van der Waals surface area contributed by atoms with E-state index in [9.17, 15) is 9.59 Å². The molecule has 0 spiro atoms. The zero-order valence-corrected chi connectivity index (χ0v) is 8.39. The van der Waals surface area contributed by atoms with Crippen LogP contribution in [0.3, 0.4) is 0 Å². The Morgan fingerprint density at radius 1 is 1.27 bits per heavy atom. The minimum Gasteiger partial charge on any atom is -0.481 e. The normalized spacial score (nSPS) is 10.0. The van der Waals surface area contributed by atoms with Crippen molar-refractivity contribution in [2.24, 2.45) is 5.73 Å². The summed E-state index contributed by atoms with van der Waals surface area (Å²) < 4.78 is 4.93. The van der Waals surface area contributed by atoms with Crippen LogP contribution in [0.4, 0.5) is 0 Å². The predicted molar refractivity (Wildman–Crippen MR) is 50.2 cm³/mol. The Hall–Kier alpha value is -1.18. The molecule has 0 atom stereocenters. The molecule has 0 unspecified atom stereocenters. The second-order valence-electron chi connectivity index (χ2n) is 2.81. The lowest BCUT2D eigenvalue weighted by molar-refractivity contribution is -0.168. The summed E-state index contributed by atoms with van der Waals surface area (Å²) in [5.74, 6) is -1.63. The molecule has 0 bridgehead atoms. The molecule has 0 radical (unpaired) electrons. The maximum Gasteiger partial charge on any atom is 0.305 e. The average molecular weight is 220 g/mol. The van der Waals surface area contributed by atoms with Crippen LogP contribution in [0, 0.1) is 0 Å². The van der Waals surface area contributed by atoms with Gasteiger partial charge in [-0.3, -0.25) is 14.8 Å². The van der Waals surface area contributed by atoms with Crippen LogP contribution in [0.25, 0.3) is 0 Å². The van der Waals surface area contributed by atoms with E-state index in [-0.39, 0.29) is 26.0 Å². The number of amides is 1. The number of aliphatic carboxylic acids is 1. The van der Waals surface area contributed by atoms with Gasteiger partial charge in [0, 0.05) is 6.54 Å². The highest BCUT2D eigenvalue weighted by atomic mass is 16.5. The molecular weight excluding hydrogens is 204 g/mol. The number of hydrogen-bond acceptors (Lipinski definition) is 5. The van der Waals surface area contributed by atoms with Crippen LogP contribution < -0.4 is 5.73 Å². The molecule has 0 heterocycles. The molecule has 15 heavy (non-hydrogen) atoms. The molecule has 7 heteroatoms. The zero-order chi connectivity index (χ0) is 11.7. The van der Waals surface area contributed by atoms with Crippen LogP contribution in [0.15, 0.2) is 0 Å². The Balaban J connectivity index is 3.55. The highest BCUT2D eigenvalue weighted by Gasteiger charge is 2.11. The van der Waals surface area contributed by atoms with E-state index in [2.05, 4.69) is 0 Å². The van der Waals surface area contributed by atoms with E-state index in [1.165, 1.54) is 0 Å². The average Bonchev–Trinajstić information content (AvgIpc) is 2.20. The Morgan fingerprint density at radius 3 is 2.47 bits per heavy atom. The molecule has 7 nitrogen and oxygen atoms in total. The topological polar surface area (TPSA) is 113 Å². The summed E-state index contributed by atoms with van der Waals surface area (Å²) in [5, 5.41) is 17.8. The summed E-state index contributed by atoms with van der Waals surface area (Å²) in [6, 6.07) is 0. The third-order valence-corrected chi connectivity index (χ3v) is 1.55. The third kappa shape index (κ3) is 7.86. The van der Waals surface area contributed by atoms with Gasteiger partial charge in [-0.1, -0.05) is 0 Å². The van der Waals surface area contributed by atoms with Gasteiger partial charge in [0.15, 0.2) is 0 Å². The fraction of sp³-hybridized carbons (Fsp3) is 0.750. The molecule has 1 amide bonds. The molecule has 0 aliphatic heterocycles. The highest BCUT2D eigenvalue weighted by Crippen LogP contribution is 1.93. The van der Waals surface area contributed by atoms with Crippen molar-refractivity contribution in [3.63, 3.8) is 0 Å². The van der Waals surface area contributed by atoms with Crippen molar-refractivity contribution >= 4 is 11.9 Å². The summed E-state index contributed by atoms with van der Waals surface area (Å²) in [6.45, 7) is 0.676. The van der Waals surface area contributed by atoms with Crippen molar-refractivity contribution in [3.05, 3.63) is 0 Å². The number of rotatable bonds is 8. The number of carbonyl (C=O) groups is 2. The Bertz CT molecular complexity index is 209. The number of carboxylic acids is 1. The summed E-state index contributed by atoms with van der Waals surface area (Å²) >= 11 is 0. The van der Waals surface area contributed by atoms with Crippen molar-refractivity contribution in [3.8, 4) is 0 Å². The lowest BCUT2D eigenvalue weighted by Crippen LogP contribution is -2.30. The number of nitrogens with zero attached hydrogens (tertiary/aromatic N) is 1. The lowest BCUT2D eigenvalue weighted by Gasteiger charge is -2.13. The molecule has 4 N–H and O–H groups in total. The monoisotopic (exact) mass is 220 g/mol. The third-order valence-electron chi connectivity index (χ3n) is 1.55. The van der Waals surface area contributed by atoms with E-state index in [4.69, 9.17) is 20.8 Å². The summed E-state index contributed by atoms with van der Waals surface area (Å²) in [5.41, 5.74) is 5.15. The Morgan fingerprint density at radius 2 is 1.93 bits per heavy atom. The maximum atomic E-state index is 11.1. The van der Waals surface area contributed by atoms with Gasteiger partial charge in [0.05, 0.1) is 32.6 Å². The Labute approximate surface area is 87.4 Å². The largest absolute Gasteiger partial charge is 0.481 e. The van der Waals surface area contributed by atoms with Gasteiger partial charge < -0.3 is 15.6 Å². The minimum atomic E-state index is -1.07. The molecule has 0 aliphatic rings. The van der Waals surface area contributed by atoms with Crippen molar-refractivity contribution in [1.82, 2.24) is 5.06 Å². The summed E-state index contributed by atoms with van der Waals surface area (Å²) in [7, 11) is 0. The quantitative estimate of drug-likeness (QED) is 0.276. The smallest absolute Gasteiger partial charge is 0.305 e. The van der Waals surface area contributed by atoms with E-state index >= 15 is 0 Å². The molecule has 0 aliphatic carbocycles. The summed E-state index contributed by atoms with van der Waals surface area (Å²) in [4.78, 5) is 21.2. The van der Waals surface area contributed by atoms with Crippen molar-refractivity contribution in [2.75, 3.05) is 26.3 Å². The molecule has 0 aromatic rings. The van der Waals surface area contributed by atoms with E-state index in [0.29, 0.717) is 18.2 Å². The Kier molecular flexibility index (Phi) is 7.51. The van der Waals surface area contributed by atoms with Crippen LogP contribution in [0.5, 0.6) is 0 Å². The molecule has 0 aromatic carbocycles. The second kappa shape index (κ2) is 8.16. The highest BCUT2D eigenvalue weighted by molar-refractivity contribution is 5.75. The molecule has 0 saturated carbocycles. The molecule has 0 saturated heterocycles. The van der Waals surface area contributed by atoms with Gasteiger partial charge >= 0.3 is 5.97 Å². The molecule has 88 valence electrons. The van der Waals surface area contributed by atoms with E-state index < -0.39 is 11.9 Å². The van der Waals surface area contributed by atoms with Crippen LogP contribution in [-0.2, 0) is 14.3 Å². The first-order valence-electron chi connectivity index (χ1n) is 4.56. The fourth-order valence-corrected chi connectivity index (χ4v) is 0.800. The van der Waals surface area contributed by atoms with Crippen molar-refractivity contribution in [2.45, 2.75) is 12.8 Å². The maximum absolute atomic E-state index is 11.1. The first-order valence-corrected chi connectivity index (χ1v) is 4.56. The van der Waals surface area contributed by atoms with Gasteiger partial charge in [-0.05, 0) is 0 Å². The van der Waals surface area contributed by atoms with E-state index in [1.54, 1.807) is 0 Å². The number of hydroxylamine groups is 2. The first-order chi connectivity index (χ1) is 7.07. The van der Waals surface area contributed by atoms with Gasteiger partial charge in [0.1, 0.15) is 0 Å². The van der Waals surface area contributed by atoms with E-state index in [1.807, 2.05) is 0 Å². The zero-order valence-electron chi connectivity index (χ0n) is 8.39. The summed E-state index contributed by atoms with van der Waals surface area (Å²) in [6.07, 6.45) is -0.276. The number of hydrogen-bond donors (Lipinski definition) is 3. The van der Waals surface area contributed by atoms with Gasteiger partial charge in [0.2, 0.25) is 5.91 Å². The standard InChI is InChI=1S/C8H16N2O5/c9-3-6-15-5-2-7(11)10(14)4-1-8(12)13/h14H,1-6,9H2,(H,12,13). The van der Waals surface area contributed by atoms with Crippen molar-refractivity contribution < 1.29 is 24.6 Å². The SMILES string of the molecule is NCCOCCC(=O)N(O)CCC(=O)O. The van der Waals surface area contributed by atoms with Gasteiger partial charge in [0.25, 0.3) is 0 Å².